The maximum atomic E-state index is 12.4. The van der Waals surface area contributed by atoms with Gasteiger partial charge in [0.15, 0.2) is 5.16 Å². The van der Waals surface area contributed by atoms with Crippen molar-refractivity contribution in [3.63, 3.8) is 0 Å². The molecule has 0 bridgehead atoms. The minimum Gasteiger partial charge on any atom is -0.341 e. The maximum absolute atomic E-state index is 12.4. The molecule has 2 aliphatic rings. The molecule has 0 unspecified atom stereocenters. The topological polar surface area (TPSA) is 92.2 Å². The van der Waals surface area contributed by atoms with E-state index in [2.05, 4.69) is 30.3 Å². The van der Waals surface area contributed by atoms with Crippen LogP contribution in [-0.4, -0.2) is 50.6 Å². The Bertz CT molecular complexity index is 689. The minimum atomic E-state index is -0.474. The fraction of sp³-hybridized carbons (Fsp3) is 0.778. The largest absolute Gasteiger partial charge is 0.341 e. The van der Waals surface area contributed by atoms with Gasteiger partial charge in [0, 0.05) is 24.7 Å². The minimum absolute atomic E-state index is 0.327. The molecule has 3 rings (SSSR count). The number of carbonyl (C=O) groups is 2. The van der Waals surface area contributed by atoms with Gasteiger partial charge in [-0.15, -0.1) is 10.2 Å². The molecule has 0 radical (unpaired) electrons. The van der Waals surface area contributed by atoms with Crippen LogP contribution in [0.25, 0.3) is 0 Å². The molecule has 0 spiro atoms. The van der Waals surface area contributed by atoms with Gasteiger partial charge in [0.2, 0.25) is 11.9 Å². The predicted octanol–water partition coefficient (Wildman–Crippen LogP) is 2.71. The van der Waals surface area contributed by atoms with Gasteiger partial charge in [-0.1, -0.05) is 11.8 Å². The second-order valence-electron chi connectivity index (χ2n) is 8.38. The van der Waals surface area contributed by atoms with Crippen LogP contribution in [0, 0.1) is 0 Å². The predicted molar refractivity (Wildman–Crippen MR) is 106 cm³/mol. The van der Waals surface area contributed by atoms with Gasteiger partial charge in [-0.2, -0.15) is 0 Å². The van der Waals surface area contributed by atoms with Crippen LogP contribution in [0.2, 0.25) is 0 Å². The number of imide groups is 1. The van der Waals surface area contributed by atoms with Gasteiger partial charge >= 0.3 is 6.03 Å². The first kappa shape index (κ1) is 20.0. The van der Waals surface area contributed by atoms with E-state index in [4.69, 9.17) is 0 Å². The van der Waals surface area contributed by atoms with Gasteiger partial charge in [-0.05, 0) is 59.8 Å². The summed E-state index contributed by atoms with van der Waals surface area (Å²) in [7, 11) is 0. The molecular weight excluding hydrogens is 364 g/mol. The zero-order valence-corrected chi connectivity index (χ0v) is 17.4. The van der Waals surface area contributed by atoms with Crippen molar-refractivity contribution < 1.29 is 9.59 Å². The van der Waals surface area contributed by atoms with Crippen molar-refractivity contribution in [3.05, 3.63) is 0 Å². The summed E-state index contributed by atoms with van der Waals surface area (Å²) in [4.78, 5) is 26.6. The van der Waals surface area contributed by atoms with Crippen molar-refractivity contribution in [2.75, 3.05) is 18.0 Å². The van der Waals surface area contributed by atoms with E-state index < -0.39 is 16.8 Å². The highest BCUT2D eigenvalue weighted by molar-refractivity contribution is 8.00. The number of hydrogen-bond donors (Lipinski definition) is 2. The Kier molecular flexibility index (Phi) is 5.98. The van der Waals surface area contributed by atoms with E-state index in [1.807, 2.05) is 20.8 Å². The number of aromatic nitrogens is 3. The number of anilines is 1. The number of nitrogens with zero attached hydrogens (tertiary/aromatic N) is 4. The molecular formula is C18H30N6O2S. The third kappa shape index (κ3) is 5.37. The Hall–Kier alpha value is -1.77. The Labute approximate surface area is 164 Å². The van der Waals surface area contributed by atoms with E-state index in [0.29, 0.717) is 6.04 Å². The number of urea groups is 1. The first-order valence-corrected chi connectivity index (χ1v) is 10.6. The smallest absolute Gasteiger partial charge is 0.321 e. The SMILES string of the molecule is C[C@@H](Sc1nnc(N2CCCCC2)n1C1CC1)C(=O)NC(=O)NC(C)(C)C. The summed E-state index contributed by atoms with van der Waals surface area (Å²) < 4.78 is 2.19. The number of rotatable bonds is 5. The Morgan fingerprint density at radius 1 is 1.15 bits per heavy atom. The van der Waals surface area contributed by atoms with Crippen LogP contribution in [0.3, 0.4) is 0 Å². The van der Waals surface area contributed by atoms with Crippen molar-refractivity contribution in [2.45, 2.75) is 81.8 Å². The van der Waals surface area contributed by atoms with E-state index in [0.717, 1.165) is 37.0 Å². The molecule has 1 saturated carbocycles. The highest BCUT2D eigenvalue weighted by Gasteiger charge is 2.33. The maximum Gasteiger partial charge on any atom is 0.321 e. The van der Waals surface area contributed by atoms with E-state index in [-0.39, 0.29) is 5.91 Å². The molecule has 1 atom stereocenters. The number of piperidine rings is 1. The van der Waals surface area contributed by atoms with Crippen LogP contribution >= 0.6 is 11.8 Å². The van der Waals surface area contributed by atoms with Crippen LogP contribution < -0.4 is 15.5 Å². The van der Waals surface area contributed by atoms with Crippen LogP contribution in [0.5, 0.6) is 0 Å². The summed E-state index contributed by atoms with van der Waals surface area (Å²) in [5.74, 6) is 0.601. The average Bonchev–Trinajstić information content (AvgIpc) is 3.34. The lowest BCUT2D eigenvalue weighted by Crippen LogP contribution is -2.49. The zero-order chi connectivity index (χ0) is 19.6. The molecule has 1 saturated heterocycles. The molecule has 150 valence electrons. The van der Waals surface area contributed by atoms with Crippen LogP contribution in [0.1, 0.15) is 65.8 Å². The molecule has 2 fully saturated rings. The first-order chi connectivity index (χ1) is 12.7. The van der Waals surface area contributed by atoms with Gasteiger partial charge in [0.25, 0.3) is 0 Å². The van der Waals surface area contributed by atoms with Crippen molar-refractivity contribution in [1.82, 2.24) is 25.4 Å². The summed E-state index contributed by atoms with van der Waals surface area (Å²) >= 11 is 1.36. The third-order valence-electron chi connectivity index (χ3n) is 4.57. The standard InChI is InChI=1S/C18H30N6O2S/c1-12(14(25)19-15(26)20-18(2,3)4)27-17-22-21-16(24(17)13-8-9-13)23-10-6-5-7-11-23/h12-13H,5-11H2,1-4H3,(H2,19,20,25,26)/t12-/m1/s1. The average molecular weight is 395 g/mol. The second kappa shape index (κ2) is 8.08. The molecule has 8 nitrogen and oxygen atoms in total. The number of amides is 3. The van der Waals surface area contributed by atoms with Gasteiger partial charge < -0.3 is 10.2 Å². The second-order valence-corrected chi connectivity index (χ2v) is 9.69. The number of nitrogens with one attached hydrogen (secondary N) is 2. The highest BCUT2D eigenvalue weighted by Crippen LogP contribution is 2.41. The number of hydrogen-bond acceptors (Lipinski definition) is 6. The monoisotopic (exact) mass is 394 g/mol. The summed E-state index contributed by atoms with van der Waals surface area (Å²) in [6, 6.07) is -0.0449. The Balaban J connectivity index is 1.65. The van der Waals surface area contributed by atoms with Crippen LogP contribution in [0.4, 0.5) is 10.7 Å². The molecule has 2 N–H and O–H groups in total. The lowest BCUT2D eigenvalue weighted by atomic mass is 10.1. The normalized spacial score (nSPS) is 18.9. The summed E-state index contributed by atoms with van der Waals surface area (Å²) in [6.07, 6.45) is 5.88. The lowest BCUT2D eigenvalue weighted by molar-refractivity contribution is -0.119. The molecule has 3 amide bonds. The third-order valence-corrected chi connectivity index (χ3v) is 5.63. The number of carbonyl (C=O) groups excluding carboxylic acids is 2. The van der Waals surface area contributed by atoms with Gasteiger partial charge in [-0.25, -0.2) is 4.79 Å². The highest BCUT2D eigenvalue weighted by atomic mass is 32.2. The Morgan fingerprint density at radius 2 is 1.81 bits per heavy atom. The van der Waals surface area contributed by atoms with Crippen molar-refractivity contribution in [2.24, 2.45) is 0 Å². The summed E-state index contributed by atoms with van der Waals surface area (Å²) in [5.41, 5.74) is -0.393. The van der Waals surface area contributed by atoms with Crippen LogP contribution in [0.15, 0.2) is 5.16 Å². The molecule has 9 heteroatoms. The quantitative estimate of drug-likeness (QED) is 0.746. The van der Waals surface area contributed by atoms with Crippen molar-refractivity contribution in [1.29, 1.82) is 0 Å². The molecule has 27 heavy (non-hydrogen) atoms. The molecule has 2 heterocycles. The molecule has 0 aromatic carbocycles. The van der Waals surface area contributed by atoms with E-state index in [1.54, 1.807) is 6.92 Å². The molecule has 1 aromatic rings. The first-order valence-electron chi connectivity index (χ1n) is 9.74. The number of thioether (sulfide) groups is 1. The van der Waals surface area contributed by atoms with Gasteiger partial charge in [-0.3, -0.25) is 14.7 Å². The van der Waals surface area contributed by atoms with Crippen LogP contribution in [-0.2, 0) is 4.79 Å². The van der Waals surface area contributed by atoms with E-state index >= 15 is 0 Å². The fourth-order valence-corrected chi connectivity index (χ4v) is 4.02. The van der Waals surface area contributed by atoms with E-state index in [1.165, 1.54) is 31.0 Å². The van der Waals surface area contributed by atoms with Crippen molar-refractivity contribution in [3.8, 4) is 0 Å². The molecule has 1 aliphatic carbocycles. The van der Waals surface area contributed by atoms with Gasteiger partial charge in [0.05, 0.1) is 5.25 Å². The summed E-state index contributed by atoms with van der Waals surface area (Å²) in [6.45, 7) is 9.42. The lowest BCUT2D eigenvalue weighted by Gasteiger charge is -2.28. The Morgan fingerprint density at radius 3 is 2.41 bits per heavy atom. The zero-order valence-electron chi connectivity index (χ0n) is 16.6. The van der Waals surface area contributed by atoms with Gasteiger partial charge in [0.1, 0.15) is 0 Å². The van der Waals surface area contributed by atoms with E-state index in [9.17, 15) is 9.59 Å². The molecule has 1 aromatic heterocycles. The summed E-state index contributed by atoms with van der Waals surface area (Å²) in [5, 5.41) is 14.3. The van der Waals surface area contributed by atoms with Crippen molar-refractivity contribution >= 4 is 29.6 Å². The molecule has 1 aliphatic heterocycles. The fourth-order valence-electron chi connectivity index (χ4n) is 3.11.